The molecule has 0 saturated heterocycles. The number of carboxylic acid groups (broad SMARTS) is 1. The minimum absolute atomic E-state index is 0.452. The lowest BCUT2D eigenvalue weighted by Crippen LogP contribution is -2.08. The molecule has 0 radical (unpaired) electrons. The van der Waals surface area contributed by atoms with Gasteiger partial charge in [0.05, 0.1) is 12.0 Å². The summed E-state index contributed by atoms with van der Waals surface area (Å²) < 4.78 is 26.7. The lowest BCUT2D eigenvalue weighted by atomic mass is 10.0. The SMILES string of the molecule is N#Cc1cc(F)c(CC(=O)O)c(F)c1C#N. The van der Waals surface area contributed by atoms with Crippen LogP contribution in [0.3, 0.4) is 0 Å². The van der Waals surface area contributed by atoms with E-state index in [0.29, 0.717) is 6.07 Å². The van der Waals surface area contributed by atoms with Gasteiger partial charge in [0, 0.05) is 5.56 Å². The summed E-state index contributed by atoms with van der Waals surface area (Å²) in [6.07, 6.45) is -0.877. The molecule has 0 atom stereocenters. The van der Waals surface area contributed by atoms with Crippen LogP contribution in [-0.4, -0.2) is 11.1 Å². The smallest absolute Gasteiger partial charge is 0.308 e. The molecule has 16 heavy (non-hydrogen) atoms. The van der Waals surface area contributed by atoms with Crippen molar-refractivity contribution in [2.45, 2.75) is 6.42 Å². The molecule has 1 aromatic carbocycles. The first-order valence-corrected chi connectivity index (χ1v) is 4.04. The van der Waals surface area contributed by atoms with Crippen molar-refractivity contribution in [2.24, 2.45) is 0 Å². The second-order valence-electron chi connectivity index (χ2n) is 2.87. The number of rotatable bonds is 2. The summed E-state index contributed by atoms with van der Waals surface area (Å²) >= 11 is 0. The summed E-state index contributed by atoms with van der Waals surface area (Å²) in [5.74, 6) is -3.86. The number of nitriles is 2. The van der Waals surface area contributed by atoms with Crippen molar-refractivity contribution in [2.75, 3.05) is 0 Å². The first-order valence-electron chi connectivity index (χ1n) is 4.04. The number of halogens is 2. The molecule has 0 unspecified atom stereocenters. The molecule has 4 nitrogen and oxygen atoms in total. The van der Waals surface area contributed by atoms with Crippen LogP contribution in [0.15, 0.2) is 6.07 Å². The molecule has 80 valence electrons. The second kappa shape index (κ2) is 4.37. The number of benzene rings is 1. The lowest BCUT2D eigenvalue weighted by Gasteiger charge is -2.04. The number of carboxylic acids is 1. The summed E-state index contributed by atoms with van der Waals surface area (Å²) in [5.41, 5.74) is -1.81. The molecule has 6 heteroatoms. The first kappa shape index (κ1) is 11.6. The van der Waals surface area contributed by atoms with Gasteiger partial charge in [0.1, 0.15) is 29.3 Å². The van der Waals surface area contributed by atoms with Crippen molar-refractivity contribution in [3.05, 3.63) is 34.4 Å². The van der Waals surface area contributed by atoms with E-state index in [-0.39, 0.29) is 0 Å². The molecule has 0 bridgehead atoms. The zero-order valence-electron chi connectivity index (χ0n) is 7.79. The van der Waals surface area contributed by atoms with Gasteiger partial charge in [-0.15, -0.1) is 0 Å². The average molecular weight is 222 g/mol. The summed E-state index contributed by atoms with van der Waals surface area (Å²) in [6, 6.07) is 3.51. The summed E-state index contributed by atoms with van der Waals surface area (Å²) in [7, 11) is 0. The van der Waals surface area contributed by atoms with Gasteiger partial charge in [-0.1, -0.05) is 0 Å². The van der Waals surface area contributed by atoms with Gasteiger partial charge in [-0.3, -0.25) is 4.79 Å². The van der Waals surface area contributed by atoms with Crippen LogP contribution in [0.25, 0.3) is 0 Å². The van der Waals surface area contributed by atoms with Gasteiger partial charge < -0.3 is 5.11 Å². The topological polar surface area (TPSA) is 84.9 Å². The van der Waals surface area contributed by atoms with Crippen molar-refractivity contribution in [3.8, 4) is 12.1 Å². The van der Waals surface area contributed by atoms with Crippen LogP contribution < -0.4 is 0 Å². The lowest BCUT2D eigenvalue weighted by molar-refractivity contribution is -0.136. The predicted molar refractivity (Wildman–Crippen MR) is 47.1 cm³/mol. The monoisotopic (exact) mass is 222 g/mol. The fourth-order valence-electron chi connectivity index (χ4n) is 1.17. The van der Waals surface area contributed by atoms with Crippen LogP contribution in [0.4, 0.5) is 8.78 Å². The third-order valence-electron chi connectivity index (χ3n) is 1.87. The molecule has 0 aliphatic carbocycles. The Morgan fingerprint density at radius 3 is 2.44 bits per heavy atom. The van der Waals surface area contributed by atoms with E-state index in [1.165, 1.54) is 12.1 Å². The number of aliphatic carboxylic acids is 1. The van der Waals surface area contributed by atoms with E-state index < -0.39 is 40.7 Å². The predicted octanol–water partition coefficient (Wildman–Crippen LogP) is 1.34. The highest BCUT2D eigenvalue weighted by atomic mass is 19.1. The number of carbonyl (C=O) groups is 1. The molecule has 1 N–H and O–H groups in total. The Labute approximate surface area is 89.0 Å². The van der Waals surface area contributed by atoms with Gasteiger partial charge in [-0.25, -0.2) is 8.78 Å². The molecule has 0 heterocycles. The standard InChI is InChI=1S/C10H4F2N2O2/c11-8-1-5(3-13)7(4-14)10(12)6(8)2-9(15)16/h1H,2H2,(H,15,16). The zero-order chi connectivity index (χ0) is 12.3. The number of nitrogens with zero attached hydrogens (tertiary/aromatic N) is 2. The van der Waals surface area contributed by atoms with Crippen molar-refractivity contribution in [1.82, 2.24) is 0 Å². The Balaban J connectivity index is 3.50. The minimum atomic E-state index is -1.42. The van der Waals surface area contributed by atoms with E-state index in [9.17, 15) is 13.6 Å². The Morgan fingerprint density at radius 2 is 2.00 bits per heavy atom. The van der Waals surface area contributed by atoms with Crippen LogP contribution in [0.1, 0.15) is 16.7 Å². The fourth-order valence-corrected chi connectivity index (χ4v) is 1.17. The average Bonchev–Trinajstić information content (AvgIpc) is 2.23. The number of hydrogen-bond donors (Lipinski definition) is 1. The molecule has 0 aromatic heterocycles. The van der Waals surface area contributed by atoms with Crippen molar-refractivity contribution in [1.29, 1.82) is 10.5 Å². The maximum atomic E-state index is 13.5. The molecule has 0 amide bonds. The molecular formula is C10H4F2N2O2. The number of hydrogen-bond acceptors (Lipinski definition) is 3. The maximum Gasteiger partial charge on any atom is 0.308 e. The quantitative estimate of drug-likeness (QED) is 0.817. The van der Waals surface area contributed by atoms with Gasteiger partial charge in [0.25, 0.3) is 0 Å². The van der Waals surface area contributed by atoms with Gasteiger partial charge in [-0.05, 0) is 6.07 Å². The molecule has 0 aliphatic rings. The van der Waals surface area contributed by atoms with Gasteiger partial charge in [0.2, 0.25) is 0 Å². The van der Waals surface area contributed by atoms with E-state index in [1.54, 1.807) is 0 Å². The van der Waals surface area contributed by atoms with E-state index in [4.69, 9.17) is 15.6 Å². The van der Waals surface area contributed by atoms with E-state index in [0.717, 1.165) is 0 Å². The Kier molecular flexibility index (Phi) is 3.17. The van der Waals surface area contributed by atoms with Crippen molar-refractivity contribution >= 4 is 5.97 Å². The summed E-state index contributed by atoms with van der Waals surface area (Å²) in [5, 5.41) is 25.5. The molecule has 1 aromatic rings. The van der Waals surface area contributed by atoms with Crippen LogP contribution in [0.5, 0.6) is 0 Å². The molecule has 1 rings (SSSR count). The first-order chi connectivity index (χ1) is 7.51. The van der Waals surface area contributed by atoms with Gasteiger partial charge >= 0.3 is 5.97 Å². The molecular weight excluding hydrogens is 218 g/mol. The Morgan fingerprint density at radius 1 is 1.38 bits per heavy atom. The van der Waals surface area contributed by atoms with Crippen LogP contribution in [-0.2, 0) is 11.2 Å². The third kappa shape index (κ3) is 1.96. The molecule has 0 aliphatic heterocycles. The third-order valence-corrected chi connectivity index (χ3v) is 1.87. The van der Waals surface area contributed by atoms with E-state index in [2.05, 4.69) is 0 Å². The Hall–Kier alpha value is -2.47. The molecule has 0 fully saturated rings. The largest absolute Gasteiger partial charge is 0.481 e. The van der Waals surface area contributed by atoms with Gasteiger partial charge in [-0.2, -0.15) is 10.5 Å². The minimum Gasteiger partial charge on any atom is -0.481 e. The highest BCUT2D eigenvalue weighted by Crippen LogP contribution is 2.20. The van der Waals surface area contributed by atoms with Crippen LogP contribution in [0.2, 0.25) is 0 Å². The van der Waals surface area contributed by atoms with Crippen molar-refractivity contribution in [3.63, 3.8) is 0 Å². The molecule has 0 spiro atoms. The maximum absolute atomic E-state index is 13.5. The van der Waals surface area contributed by atoms with Crippen molar-refractivity contribution < 1.29 is 18.7 Å². The second-order valence-corrected chi connectivity index (χ2v) is 2.87. The summed E-state index contributed by atoms with van der Waals surface area (Å²) in [6.45, 7) is 0. The van der Waals surface area contributed by atoms with E-state index in [1.807, 2.05) is 0 Å². The zero-order valence-corrected chi connectivity index (χ0v) is 7.79. The fraction of sp³-hybridized carbons (Fsp3) is 0.100. The highest BCUT2D eigenvalue weighted by Gasteiger charge is 2.20. The van der Waals surface area contributed by atoms with Crippen LogP contribution in [0, 0.1) is 34.3 Å². The Bertz CT molecular complexity index is 541. The van der Waals surface area contributed by atoms with E-state index >= 15 is 0 Å². The van der Waals surface area contributed by atoms with Gasteiger partial charge in [0.15, 0.2) is 0 Å². The van der Waals surface area contributed by atoms with Crippen LogP contribution >= 0.6 is 0 Å². The molecule has 0 saturated carbocycles. The summed E-state index contributed by atoms with van der Waals surface area (Å²) in [4.78, 5) is 10.3. The normalized spacial score (nSPS) is 9.25. The highest BCUT2D eigenvalue weighted by molar-refractivity contribution is 5.71.